The van der Waals surface area contributed by atoms with Crippen molar-refractivity contribution in [2.45, 2.75) is 64.3 Å². The van der Waals surface area contributed by atoms with Crippen LogP contribution in [0.25, 0.3) is 0 Å². The third-order valence-electron chi connectivity index (χ3n) is 3.56. The number of aliphatic hydroxyl groups excluding tert-OH is 1. The summed E-state index contributed by atoms with van der Waals surface area (Å²) < 4.78 is 62.6. The number of phosphoric acid groups is 1. The number of rotatable bonds is 8. The van der Waals surface area contributed by atoms with Crippen LogP contribution in [0.1, 0.15) is 33.9 Å². The van der Waals surface area contributed by atoms with E-state index in [-0.39, 0.29) is 5.82 Å². The van der Waals surface area contributed by atoms with Crippen molar-refractivity contribution < 1.29 is 36.8 Å². The molecule has 28 heavy (non-hydrogen) atoms. The molecular formula is C15H24F2N3O7P. The highest BCUT2D eigenvalue weighted by atomic mass is 31.2. The van der Waals surface area contributed by atoms with E-state index in [1.807, 2.05) is 0 Å². The van der Waals surface area contributed by atoms with E-state index in [0.29, 0.717) is 4.57 Å². The van der Waals surface area contributed by atoms with Crippen molar-refractivity contribution in [1.29, 1.82) is 0 Å². The summed E-state index contributed by atoms with van der Waals surface area (Å²) in [5.74, 6) is -4.00. The number of phosphoric ester groups is 1. The quantitative estimate of drug-likeness (QED) is 0.594. The molecule has 0 unspecified atom stereocenters. The highest BCUT2D eigenvalue weighted by molar-refractivity contribution is 7.48. The number of anilines is 1. The molecule has 10 nitrogen and oxygen atoms in total. The number of nitrogen functional groups attached to an aromatic ring is 1. The second-order valence-electron chi connectivity index (χ2n) is 6.74. The Morgan fingerprint density at radius 2 is 1.93 bits per heavy atom. The first-order valence-corrected chi connectivity index (χ1v) is 9.99. The summed E-state index contributed by atoms with van der Waals surface area (Å²) in [5.41, 5.74) is 4.27. The topological polar surface area (TPSA) is 135 Å². The molecule has 0 aromatic carbocycles. The van der Waals surface area contributed by atoms with Crippen molar-refractivity contribution in [1.82, 2.24) is 9.55 Å². The van der Waals surface area contributed by atoms with E-state index in [0.717, 1.165) is 12.3 Å². The molecule has 0 saturated carbocycles. The van der Waals surface area contributed by atoms with Crippen molar-refractivity contribution in [2.24, 2.45) is 0 Å². The van der Waals surface area contributed by atoms with Gasteiger partial charge in [-0.3, -0.25) is 18.1 Å². The van der Waals surface area contributed by atoms with Crippen molar-refractivity contribution in [2.75, 3.05) is 12.3 Å². The van der Waals surface area contributed by atoms with Gasteiger partial charge in [0.2, 0.25) is 6.23 Å². The minimum atomic E-state index is -4.09. The van der Waals surface area contributed by atoms with Gasteiger partial charge < -0.3 is 15.6 Å². The van der Waals surface area contributed by atoms with Gasteiger partial charge in [0.15, 0.2) is 6.10 Å². The maximum atomic E-state index is 14.5. The molecule has 0 amide bonds. The lowest BCUT2D eigenvalue weighted by Crippen LogP contribution is -2.42. The van der Waals surface area contributed by atoms with Crippen LogP contribution in [0.5, 0.6) is 0 Å². The normalized spacial score (nSPS) is 25.0. The monoisotopic (exact) mass is 427 g/mol. The SMILES string of the molecule is CC(C)OP(=O)(OC[C@H]1O[C@@H](n2ccc(N)nc2=O)C(F)(F)[C@@H]1O)OC(C)C. The van der Waals surface area contributed by atoms with E-state index in [9.17, 15) is 23.2 Å². The summed E-state index contributed by atoms with van der Waals surface area (Å²) in [4.78, 5) is 15.2. The summed E-state index contributed by atoms with van der Waals surface area (Å²) in [6.07, 6.45) is -6.18. The van der Waals surface area contributed by atoms with Crippen LogP contribution in [0.2, 0.25) is 0 Å². The summed E-state index contributed by atoms with van der Waals surface area (Å²) in [6.45, 7) is 5.63. The summed E-state index contributed by atoms with van der Waals surface area (Å²) in [7, 11) is -4.09. The average molecular weight is 427 g/mol. The Balaban J connectivity index is 2.18. The van der Waals surface area contributed by atoms with Gasteiger partial charge in [-0.1, -0.05) is 0 Å². The first-order chi connectivity index (χ1) is 12.9. The fourth-order valence-corrected chi connectivity index (χ4v) is 4.01. The van der Waals surface area contributed by atoms with Crippen LogP contribution in [-0.2, 0) is 22.9 Å². The number of aliphatic hydroxyl groups is 1. The third kappa shape index (κ3) is 5.13. The molecule has 1 aliphatic rings. The standard InChI is InChI=1S/C15H24F2N3O7P/c1-8(2)26-28(23,27-9(3)4)24-7-10-12(21)15(16,17)13(25-10)20-6-5-11(18)19-14(20)22/h5-6,8-10,12-13,21H,7H2,1-4H3,(H2,18,19,22)/t10-,12-,13-/m1/s1. The lowest BCUT2D eigenvalue weighted by Gasteiger charge is -2.23. The lowest BCUT2D eigenvalue weighted by atomic mass is 10.1. The van der Waals surface area contributed by atoms with Gasteiger partial charge in [0.1, 0.15) is 11.9 Å². The van der Waals surface area contributed by atoms with Crippen molar-refractivity contribution in [3.8, 4) is 0 Å². The van der Waals surface area contributed by atoms with E-state index >= 15 is 0 Å². The molecule has 13 heteroatoms. The zero-order chi connectivity index (χ0) is 21.3. The minimum Gasteiger partial charge on any atom is -0.384 e. The van der Waals surface area contributed by atoms with Crippen LogP contribution in [-0.4, -0.2) is 51.6 Å². The van der Waals surface area contributed by atoms with Crippen molar-refractivity contribution >= 4 is 13.6 Å². The predicted octanol–water partition coefficient (Wildman–Crippen LogP) is 1.69. The van der Waals surface area contributed by atoms with Gasteiger partial charge in [-0.15, -0.1) is 0 Å². The van der Waals surface area contributed by atoms with Crippen molar-refractivity contribution in [3.63, 3.8) is 0 Å². The Kier molecular flexibility index (Phi) is 6.95. The van der Waals surface area contributed by atoms with E-state index in [1.165, 1.54) is 0 Å². The number of nitrogens with zero attached hydrogens (tertiary/aromatic N) is 2. The van der Waals surface area contributed by atoms with Crippen molar-refractivity contribution in [3.05, 3.63) is 22.7 Å². The maximum Gasteiger partial charge on any atom is 0.475 e. The molecule has 1 aromatic rings. The molecule has 2 heterocycles. The Bertz CT molecular complexity index is 775. The smallest absolute Gasteiger partial charge is 0.384 e. The molecular weight excluding hydrogens is 403 g/mol. The van der Waals surface area contributed by atoms with Crippen LogP contribution in [0.4, 0.5) is 14.6 Å². The molecule has 1 aromatic heterocycles. The Morgan fingerprint density at radius 3 is 2.43 bits per heavy atom. The highest BCUT2D eigenvalue weighted by Crippen LogP contribution is 2.52. The summed E-state index contributed by atoms with van der Waals surface area (Å²) >= 11 is 0. The molecule has 3 N–H and O–H groups in total. The Morgan fingerprint density at radius 1 is 1.36 bits per heavy atom. The molecule has 1 fully saturated rings. The van der Waals surface area contributed by atoms with Gasteiger partial charge in [0.05, 0.1) is 18.8 Å². The number of hydrogen-bond acceptors (Lipinski definition) is 9. The largest absolute Gasteiger partial charge is 0.475 e. The number of aromatic nitrogens is 2. The lowest BCUT2D eigenvalue weighted by molar-refractivity contribution is -0.140. The average Bonchev–Trinajstić information content (AvgIpc) is 2.75. The number of halogens is 2. The molecule has 0 spiro atoms. The Hall–Kier alpha value is -1.43. The van der Waals surface area contributed by atoms with Gasteiger partial charge in [0.25, 0.3) is 0 Å². The van der Waals surface area contributed by atoms with E-state index in [1.54, 1.807) is 27.7 Å². The summed E-state index contributed by atoms with van der Waals surface area (Å²) in [5, 5.41) is 9.97. The second-order valence-corrected chi connectivity index (χ2v) is 8.31. The van der Waals surface area contributed by atoms with Gasteiger partial charge in [-0.05, 0) is 33.8 Å². The fraction of sp³-hybridized carbons (Fsp3) is 0.733. The van der Waals surface area contributed by atoms with E-state index < -0.39 is 56.7 Å². The molecule has 160 valence electrons. The zero-order valence-electron chi connectivity index (χ0n) is 15.8. The van der Waals surface area contributed by atoms with Crippen LogP contribution in [0.3, 0.4) is 0 Å². The zero-order valence-corrected chi connectivity index (χ0v) is 16.7. The van der Waals surface area contributed by atoms with Crippen LogP contribution < -0.4 is 11.4 Å². The molecule has 0 aliphatic carbocycles. The molecule has 0 radical (unpaired) electrons. The third-order valence-corrected chi connectivity index (χ3v) is 5.39. The van der Waals surface area contributed by atoms with Gasteiger partial charge in [0, 0.05) is 6.20 Å². The number of ether oxygens (including phenoxy) is 1. The second kappa shape index (κ2) is 8.52. The molecule has 1 aliphatic heterocycles. The molecule has 3 atom stereocenters. The highest BCUT2D eigenvalue weighted by Gasteiger charge is 2.60. The van der Waals surface area contributed by atoms with E-state index in [2.05, 4.69) is 4.98 Å². The number of hydrogen-bond donors (Lipinski definition) is 2. The first kappa shape index (κ1) is 22.9. The van der Waals surface area contributed by atoms with Crippen LogP contribution in [0, 0.1) is 0 Å². The molecule has 2 rings (SSSR count). The van der Waals surface area contributed by atoms with Gasteiger partial charge in [-0.25, -0.2) is 9.36 Å². The van der Waals surface area contributed by atoms with E-state index in [4.69, 9.17) is 24.0 Å². The number of alkyl halides is 2. The first-order valence-electron chi connectivity index (χ1n) is 8.53. The fourth-order valence-electron chi connectivity index (χ4n) is 2.48. The molecule has 1 saturated heterocycles. The van der Waals surface area contributed by atoms with Crippen LogP contribution >= 0.6 is 7.82 Å². The van der Waals surface area contributed by atoms with Crippen LogP contribution in [0.15, 0.2) is 17.1 Å². The Labute approximate surface area is 160 Å². The number of nitrogens with two attached hydrogens (primary N) is 1. The maximum absolute atomic E-state index is 14.5. The minimum absolute atomic E-state index is 0.152. The van der Waals surface area contributed by atoms with Gasteiger partial charge >= 0.3 is 19.4 Å². The summed E-state index contributed by atoms with van der Waals surface area (Å²) in [6, 6.07) is 1.14. The molecule has 0 bridgehead atoms. The van der Waals surface area contributed by atoms with Gasteiger partial charge in [-0.2, -0.15) is 13.8 Å². The predicted molar refractivity (Wildman–Crippen MR) is 93.8 cm³/mol.